The van der Waals surface area contributed by atoms with E-state index < -0.39 is 21.8 Å². The fourth-order valence-corrected chi connectivity index (χ4v) is 4.18. The maximum Gasteiger partial charge on any atom is 0.266 e. The lowest BCUT2D eigenvalue weighted by atomic mass is 10.1. The summed E-state index contributed by atoms with van der Waals surface area (Å²) in [4.78, 5) is 30.2. The average Bonchev–Trinajstić information content (AvgIpc) is 3.22. The predicted octanol–water partition coefficient (Wildman–Crippen LogP) is 1.96. The van der Waals surface area contributed by atoms with Crippen molar-refractivity contribution in [2.45, 2.75) is 17.7 Å². The summed E-state index contributed by atoms with van der Waals surface area (Å²) in [5.74, 6) is -0.502. The summed E-state index contributed by atoms with van der Waals surface area (Å²) in [5, 5.41) is 0. The van der Waals surface area contributed by atoms with Gasteiger partial charge < -0.3 is 0 Å². The van der Waals surface area contributed by atoms with Gasteiger partial charge in [-0.2, -0.15) is 0 Å². The van der Waals surface area contributed by atoms with Crippen LogP contribution in [0.3, 0.4) is 0 Å². The van der Waals surface area contributed by atoms with Crippen molar-refractivity contribution in [2.75, 3.05) is 11.4 Å². The lowest BCUT2D eigenvalue weighted by Crippen LogP contribution is -2.31. The highest BCUT2D eigenvalue weighted by Gasteiger charge is 2.36. The number of rotatable bonds is 3. The van der Waals surface area contributed by atoms with Crippen LogP contribution < -0.4 is 9.62 Å². The van der Waals surface area contributed by atoms with E-state index in [1.54, 1.807) is 24.3 Å². The van der Waals surface area contributed by atoms with E-state index in [2.05, 4.69) is 9.71 Å². The number of anilines is 1. The molecule has 0 fully saturated rings. The molecule has 2 aliphatic heterocycles. The minimum atomic E-state index is -3.83. The number of aliphatic imine (C=N–C) groups is 1. The highest BCUT2D eigenvalue weighted by Crippen LogP contribution is 2.29. The third kappa shape index (κ3) is 2.68. The Balaban J connectivity index is 1.69. The summed E-state index contributed by atoms with van der Waals surface area (Å²) in [6.07, 6.45) is 1.39. The van der Waals surface area contributed by atoms with E-state index >= 15 is 0 Å². The average molecular weight is 369 g/mol. The molecule has 0 aromatic heterocycles. The molecule has 0 unspecified atom stereocenters. The fraction of sp³-hybridized carbons (Fsp3) is 0.167. The Labute approximate surface area is 150 Å². The van der Waals surface area contributed by atoms with E-state index in [1.807, 2.05) is 0 Å². The van der Waals surface area contributed by atoms with Crippen LogP contribution in [-0.4, -0.2) is 32.6 Å². The van der Waals surface area contributed by atoms with Crippen LogP contribution in [0.5, 0.6) is 0 Å². The van der Waals surface area contributed by atoms with E-state index in [1.165, 1.54) is 24.3 Å². The van der Waals surface area contributed by atoms with Gasteiger partial charge in [0.1, 0.15) is 5.84 Å². The second-order valence-electron chi connectivity index (χ2n) is 6.03. The number of amides is 2. The molecule has 2 aromatic carbocycles. The molecule has 0 spiro atoms. The monoisotopic (exact) mass is 369 g/mol. The minimum Gasteiger partial charge on any atom is -0.272 e. The molecule has 0 atom stereocenters. The smallest absolute Gasteiger partial charge is 0.266 e. The number of amidine groups is 1. The maximum absolute atomic E-state index is 12.6. The van der Waals surface area contributed by atoms with E-state index in [4.69, 9.17) is 0 Å². The summed E-state index contributed by atoms with van der Waals surface area (Å²) in [6.45, 7) is 0.604. The van der Waals surface area contributed by atoms with Gasteiger partial charge in [0.15, 0.2) is 0 Å². The van der Waals surface area contributed by atoms with Gasteiger partial charge in [-0.1, -0.05) is 18.2 Å². The van der Waals surface area contributed by atoms with Crippen molar-refractivity contribution in [3.63, 3.8) is 0 Å². The highest BCUT2D eigenvalue weighted by atomic mass is 32.2. The van der Waals surface area contributed by atoms with Crippen molar-refractivity contribution in [3.8, 4) is 0 Å². The van der Waals surface area contributed by atoms with Crippen LogP contribution in [0, 0.1) is 0 Å². The number of imide groups is 1. The van der Waals surface area contributed by atoms with Crippen molar-refractivity contribution in [3.05, 3.63) is 59.7 Å². The first-order valence-electron chi connectivity index (χ1n) is 8.11. The summed E-state index contributed by atoms with van der Waals surface area (Å²) >= 11 is 0. The van der Waals surface area contributed by atoms with E-state index in [9.17, 15) is 18.0 Å². The molecule has 2 aromatic rings. The van der Waals surface area contributed by atoms with Crippen LogP contribution in [0.4, 0.5) is 5.69 Å². The van der Waals surface area contributed by atoms with Crippen LogP contribution in [0.15, 0.2) is 58.4 Å². The molecule has 1 N–H and O–H groups in total. The van der Waals surface area contributed by atoms with Crippen molar-refractivity contribution in [2.24, 2.45) is 4.99 Å². The zero-order valence-corrected chi connectivity index (χ0v) is 14.5. The zero-order valence-electron chi connectivity index (χ0n) is 13.7. The van der Waals surface area contributed by atoms with Gasteiger partial charge in [-0.25, -0.2) is 13.3 Å². The van der Waals surface area contributed by atoms with Crippen molar-refractivity contribution >= 4 is 33.4 Å². The Morgan fingerprint density at radius 3 is 2.27 bits per heavy atom. The van der Waals surface area contributed by atoms with Crippen molar-refractivity contribution < 1.29 is 18.0 Å². The standard InChI is InChI=1S/C18H15N3O4S/c22-17-14-7-1-2-8-15(14)18(23)21(17)12-5-3-6-13(11-12)26(24,25)20-16-9-4-10-19-16/h1-3,5-8,11H,4,9-10H2,(H,19,20). The Morgan fingerprint density at radius 1 is 0.962 bits per heavy atom. The minimum absolute atomic E-state index is 0.0267. The number of sulfonamides is 1. The molecule has 2 amide bonds. The third-order valence-electron chi connectivity index (χ3n) is 4.31. The molecule has 26 heavy (non-hydrogen) atoms. The molecule has 2 aliphatic rings. The van der Waals surface area contributed by atoms with Crippen molar-refractivity contribution in [1.29, 1.82) is 0 Å². The Hall–Kier alpha value is -3.00. The molecular weight excluding hydrogens is 354 g/mol. The molecule has 0 saturated heterocycles. The van der Waals surface area contributed by atoms with Gasteiger partial charge in [-0.15, -0.1) is 0 Å². The quantitative estimate of drug-likeness (QED) is 0.837. The number of benzene rings is 2. The largest absolute Gasteiger partial charge is 0.272 e. The first kappa shape index (κ1) is 16.5. The summed E-state index contributed by atoms with van der Waals surface area (Å²) < 4.78 is 27.6. The van der Waals surface area contributed by atoms with Crippen molar-refractivity contribution in [1.82, 2.24) is 4.72 Å². The number of hydrogen-bond acceptors (Lipinski definition) is 5. The molecule has 0 saturated carbocycles. The van der Waals surface area contributed by atoms with E-state index in [0.717, 1.165) is 11.3 Å². The van der Waals surface area contributed by atoms with Gasteiger partial charge >= 0.3 is 0 Å². The molecule has 0 radical (unpaired) electrons. The Kier molecular flexibility index (Phi) is 3.84. The summed E-state index contributed by atoms with van der Waals surface area (Å²) in [7, 11) is -3.83. The number of hydrogen-bond donors (Lipinski definition) is 1. The van der Waals surface area contributed by atoms with Gasteiger partial charge in [0, 0.05) is 13.0 Å². The number of nitrogens with zero attached hydrogens (tertiary/aromatic N) is 2. The van der Waals surface area contributed by atoms with Crippen LogP contribution in [0.1, 0.15) is 33.6 Å². The van der Waals surface area contributed by atoms with E-state index in [0.29, 0.717) is 29.9 Å². The SMILES string of the molecule is O=C1c2ccccc2C(=O)N1c1cccc(S(=O)(=O)NC2=NCCC2)c1. The van der Waals surface area contributed by atoms with Gasteiger partial charge in [-0.05, 0) is 36.8 Å². The molecule has 0 aliphatic carbocycles. The summed E-state index contributed by atoms with van der Waals surface area (Å²) in [6, 6.07) is 12.3. The van der Waals surface area contributed by atoms with Gasteiger partial charge in [0.05, 0.1) is 21.7 Å². The van der Waals surface area contributed by atoms with Crippen LogP contribution >= 0.6 is 0 Å². The second kappa shape index (κ2) is 6.06. The van der Waals surface area contributed by atoms with Gasteiger partial charge in [0.2, 0.25) is 0 Å². The topological polar surface area (TPSA) is 95.9 Å². The number of nitrogens with one attached hydrogen (secondary N) is 1. The molecule has 7 nitrogen and oxygen atoms in total. The van der Waals surface area contributed by atoms with Gasteiger partial charge in [0.25, 0.3) is 21.8 Å². The molecule has 0 bridgehead atoms. The third-order valence-corrected chi connectivity index (χ3v) is 5.69. The molecule has 4 rings (SSSR count). The summed E-state index contributed by atoms with van der Waals surface area (Å²) in [5.41, 5.74) is 0.834. The normalized spacial score (nSPS) is 16.6. The molecular formula is C18H15N3O4S. The lowest BCUT2D eigenvalue weighted by Gasteiger charge is -2.15. The molecule has 2 heterocycles. The van der Waals surface area contributed by atoms with Crippen LogP contribution in [-0.2, 0) is 10.0 Å². The fourth-order valence-electron chi connectivity index (χ4n) is 3.05. The van der Waals surface area contributed by atoms with E-state index in [-0.39, 0.29) is 10.6 Å². The number of carbonyl (C=O) groups is 2. The Bertz CT molecular complexity index is 1020. The lowest BCUT2D eigenvalue weighted by molar-refractivity contribution is 0.0926. The maximum atomic E-state index is 12.6. The second-order valence-corrected chi connectivity index (χ2v) is 7.71. The predicted molar refractivity (Wildman–Crippen MR) is 95.9 cm³/mol. The number of carbonyl (C=O) groups excluding carboxylic acids is 2. The van der Waals surface area contributed by atoms with Crippen LogP contribution in [0.2, 0.25) is 0 Å². The number of fused-ring (bicyclic) bond motifs is 1. The highest BCUT2D eigenvalue weighted by molar-refractivity contribution is 7.90. The molecule has 8 heteroatoms. The first-order chi connectivity index (χ1) is 12.5. The van der Waals surface area contributed by atoms with Gasteiger partial charge in [-0.3, -0.25) is 19.3 Å². The molecule has 132 valence electrons. The Morgan fingerprint density at radius 2 is 1.65 bits per heavy atom. The zero-order chi connectivity index (χ0) is 18.3. The first-order valence-corrected chi connectivity index (χ1v) is 9.60. The van der Waals surface area contributed by atoms with Crippen LogP contribution in [0.25, 0.3) is 0 Å².